The molecule has 108 valence electrons. The molecule has 0 bridgehead atoms. The van der Waals surface area contributed by atoms with Gasteiger partial charge in [-0.1, -0.05) is 15.9 Å². The number of anilines is 1. The summed E-state index contributed by atoms with van der Waals surface area (Å²) >= 11 is 4.86. The summed E-state index contributed by atoms with van der Waals surface area (Å²) in [5.74, 6) is -0.178. The van der Waals surface area contributed by atoms with E-state index in [2.05, 4.69) is 39.7 Å². The van der Waals surface area contributed by atoms with Gasteiger partial charge in [-0.2, -0.15) is 0 Å². The summed E-state index contributed by atoms with van der Waals surface area (Å²) < 4.78 is 14.7. The Balaban J connectivity index is 2.15. The van der Waals surface area contributed by atoms with Crippen molar-refractivity contribution in [3.63, 3.8) is 0 Å². The minimum atomic E-state index is -0.178. The van der Waals surface area contributed by atoms with Crippen molar-refractivity contribution in [1.29, 1.82) is 0 Å². The van der Waals surface area contributed by atoms with Crippen LogP contribution in [0.4, 0.5) is 9.52 Å². The molecule has 0 unspecified atom stereocenters. The molecule has 2 aromatic rings. The number of rotatable bonds is 5. The van der Waals surface area contributed by atoms with Gasteiger partial charge in [0, 0.05) is 40.2 Å². The topological polar surface area (TPSA) is 42.2 Å². The molecule has 0 saturated heterocycles. The molecule has 0 saturated carbocycles. The fraction of sp³-hybridized carbons (Fsp3) is 0.357. The van der Waals surface area contributed by atoms with Crippen molar-refractivity contribution in [3.8, 4) is 0 Å². The Hall–Kier alpha value is -0.980. The molecule has 0 aliphatic heterocycles. The SMILES string of the molecule is CC(C)N(Cc1cnc(N)s1)Cc1cc(Br)ccc1F. The molecule has 3 nitrogen and oxygen atoms in total. The monoisotopic (exact) mass is 357 g/mol. The van der Waals surface area contributed by atoms with Crippen LogP contribution < -0.4 is 5.73 Å². The normalized spacial score (nSPS) is 11.5. The van der Waals surface area contributed by atoms with Crippen molar-refractivity contribution in [3.05, 3.63) is 45.1 Å². The van der Waals surface area contributed by atoms with Crippen LogP contribution in [0.25, 0.3) is 0 Å². The zero-order valence-electron chi connectivity index (χ0n) is 11.4. The van der Waals surface area contributed by atoms with Crippen LogP contribution in [-0.2, 0) is 13.1 Å². The van der Waals surface area contributed by atoms with E-state index in [9.17, 15) is 4.39 Å². The predicted molar refractivity (Wildman–Crippen MR) is 85.0 cm³/mol. The van der Waals surface area contributed by atoms with E-state index in [1.54, 1.807) is 12.3 Å². The summed E-state index contributed by atoms with van der Waals surface area (Å²) in [6.45, 7) is 5.47. The first kappa shape index (κ1) is 15.4. The first-order chi connectivity index (χ1) is 9.45. The number of nitrogens with zero attached hydrogens (tertiary/aromatic N) is 2. The van der Waals surface area contributed by atoms with Gasteiger partial charge in [-0.15, -0.1) is 11.3 Å². The maximum Gasteiger partial charge on any atom is 0.180 e. The average molecular weight is 358 g/mol. The molecule has 0 radical (unpaired) electrons. The van der Waals surface area contributed by atoms with Gasteiger partial charge in [-0.05, 0) is 32.0 Å². The van der Waals surface area contributed by atoms with E-state index < -0.39 is 0 Å². The van der Waals surface area contributed by atoms with Crippen molar-refractivity contribution < 1.29 is 4.39 Å². The van der Waals surface area contributed by atoms with Crippen LogP contribution in [0.5, 0.6) is 0 Å². The second-order valence-electron chi connectivity index (χ2n) is 4.90. The fourth-order valence-corrected chi connectivity index (χ4v) is 3.02. The van der Waals surface area contributed by atoms with E-state index in [1.165, 1.54) is 17.4 Å². The van der Waals surface area contributed by atoms with Gasteiger partial charge < -0.3 is 5.73 Å². The van der Waals surface area contributed by atoms with E-state index >= 15 is 0 Å². The Bertz CT molecular complexity index is 586. The lowest BCUT2D eigenvalue weighted by atomic mass is 10.1. The second kappa shape index (κ2) is 6.65. The van der Waals surface area contributed by atoms with Gasteiger partial charge in [-0.25, -0.2) is 9.37 Å². The maximum atomic E-state index is 13.9. The Morgan fingerprint density at radius 2 is 2.15 bits per heavy atom. The van der Waals surface area contributed by atoms with Crippen molar-refractivity contribution in [2.45, 2.75) is 33.0 Å². The molecule has 0 spiro atoms. The summed E-state index contributed by atoms with van der Waals surface area (Å²) in [5, 5.41) is 0.567. The minimum Gasteiger partial charge on any atom is -0.375 e. The van der Waals surface area contributed by atoms with Gasteiger partial charge in [0.1, 0.15) is 5.82 Å². The van der Waals surface area contributed by atoms with Gasteiger partial charge in [0.2, 0.25) is 0 Å². The quantitative estimate of drug-likeness (QED) is 0.877. The lowest BCUT2D eigenvalue weighted by Crippen LogP contribution is -2.29. The van der Waals surface area contributed by atoms with Crippen LogP contribution in [-0.4, -0.2) is 15.9 Å². The molecule has 1 aromatic heterocycles. The minimum absolute atomic E-state index is 0.178. The summed E-state index contributed by atoms with van der Waals surface area (Å²) in [6.07, 6.45) is 1.78. The molecule has 0 aliphatic rings. The van der Waals surface area contributed by atoms with Crippen LogP contribution in [0, 0.1) is 5.82 Å². The Kier molecular flexibility index (Phi) is 5.12. The number of halogens is 2. The van der Waals surface area contributed by atoms with Crippen molar-refractivity contribution >= 4 is 32.4 Å². The molecule has 6 heteroatoms. The zero-order chi connectivity index (χ0) is 14.7. The molecule has 2 rings (SSSR count). The Morgan fingerprint density at radius 3 is 2.75 bits per heavy atom. The highest BCUT2D eigenvalue weighted by Gasteiger charge is 2.15. The van der Waals surface area contributed by atoms with Crippen molar-refractivity contribution in [2.75, 3.05) is 5.73 Å². The van der Waals surface area contributed by atoms with Crippen LogP contribution in [0.1, 0.15) is 24.3 Å². The second-order valence-corrected chi connectivity index (χ2v) is 6.96. The summed E-state index contributed by atoms with van der Waals surface area (Å²) in [6, 6.07) is 5.33. The molecule has 0 amide bonds. The molecule has 0 fully saturated rings. The van der Waals surface area contributed by atoms with E-state index in [0.717, 1.165) is 15.9 Å². The highest BCUT2D eigenvalue weighted by molar-refractivity contribution is 9.10. The summed E-state index contributed by atoms with van der Waals surface area (Å²) in [4.78, 5) is 7.34. The lowest BCUT2D eigenvalue weighted by Gasteiger charge is -2.26. The third-order valence-corrected chi connectivity index (χ3v) is 4.35. The van der Waals surface area contributed by atoms with E-state index in [4.69, 9.17) is 5.73 Å². The molecule has 0 atom stereocenters. The molecule has 1 heterocycles. The molecule has 2 N–H and O–H groups in total. The third-order valence-electron chi connectivity index (χ3n) is 3.04. The van der Waals surface area contributed by atoms with Crippen LogP contribution in [0.2, 0.25) is 0 Å². The number of hydrogen-bond donors (Lipinski definition) is 1. The first-order valence-corrected chi connectivity index (χ1v) is 7.95. The van der Waals surface area contributed by atoms with E-state index in [1.807, 2.05) is 6.07 Å². The predicted octanol–water partition coefficient (Wildman–Crippen LogP) is 4.04. The molecular weight excluding hydrogens is 341 g/mol. The Labute approximate surface area is 130 Å². The largest absolute Gasteiger partial charge is 0.375 e. The molecule has 1 aromatic carbocycles. The van der Waals surface area contributed by atoms with Crippen molar-refractivity contribution in [2.24, 2.45) is 0 Å². The van der Waals surface area contributed by atoms with Crippen LogP contribution >= 0.6 is 27.3 Å². The van der Waals surface area contributed by atoms with E-state index in [0.29, 0.717) is 23.3 Å². The van der Waals surface area contributed by atoms with Gasteiger partial charge in [0.25, 0.3) is 0 Å². The molecular formula is C14H17BrFN3S. The number of hydrogen-bond acceptors (Lipinski definition) is 4. The smallest absolute Gasteiger partial charge is 0.180 e. The first-order valence-electron chi connectivity index (χ1n) is 6.34. The van der Waals surface area contributed by atoms with Gasteiger partial charge in [0.15, 0.2) is 5.13 Å². The van der Waals surface area contributed by atoms with E-state index in [-0.39, 0.29) is 5.82 Å². The fourth-order valence-electron chi connectivity index (χ4n) is 1.90. The summed E-state index contributed by atoms with van der Waals surface area (Å²) in [7, 11) is 0. The number of thiazole rings is 1. The Morgan fingerprint density at radius 1 is 1.40 bits per heavy atom. The molecule has 20 heavy (non-hydrogen) atoms. The number of benzene rings is 1. The molecule has 0 aliphatic carbocycles. The van der Waals surface area contributed by atoms with Crippen LogP contribution in [0.3, 0.4) is 0 Å². The third kappa shape index (κ3) is 4.01. The maximum absolute atomic E-state index is 13.9. The lowest BCUT2D eigenvalue weighted by molar-refractivity contribution is 0.203. The number of nitrogens with two attached hydrogens (primary N) is 1. The standard InChI is InChI=1S/C14H17BrFN3S/c1-9(2)19(8-12-6-18-14(17)20-12)7-10-5-11(15)3-4-13(10)16/h3-6,9H,7-8H2,1-2H3,(H2,17,18). The number of aromatic nitrogens is 1. The van der Waals surface area contributed by atoms with Crippen molar-refractivity contribution in [1.82, 2.24) is 9.88 Å². The van der Waals surface area contributed by atoms with Crippen LogP contribution in [0.15, 0.2) is 28.9 Å². The number of nitrogen functional groups attached to an aromatic ring is 1. The van der Waals surface area contributed by atoms with Gasteiger partial charge in [0.05, 0.1) is 0 Å². The zero-order valence-corrected chi connectivity index (χ0v) is 13.8. The highest BCUT2D eigenvalue weighted by Crippen LogP contribution is 2.22. The summed E-state index contributed by atoms with van der Waals surface area (Å²) in [5.41, 5.74) is 6.34. The average Bonchev–Trinajstić information content (AvgIpc) is 2.78. The van der Waals surface area contributed by atoms with Gasteiger partial charge in [-0.3, -0.25) is 4.90 Å². The van der Waals surface area contributed by atoms with Gasteiger partial charge >= 0.3 is 0 Å². The highest BCUT2D eigenvalue weighted by atomic mass is 79.9.